The largest absolute Gasteiger partial charge is 0.326 e. The van der Waals surface area contributed by atoms with Crippen LogP contribution in [0.5, 0.6) is 0 Å². The summed E-state index contributed by atoms with van der Waals surface area (Å²) in [5.74, 6) is -0.170. The number of nitrogens with one attached hydrogen (secondary N) is 1. The van der Waals surface area contributed by atoms with Crippen LogP contribution in [-0.2, 0) is 11.2 Å². The van der Waals surface area contributed by atoms with Gasteiger partial charge < -0.3 is 5.32 Å². The summed E-state index contributed by atoms with van der Waals surface area (Å²) in [6.45, 7) is 9.57. The first kappa shape index (κ1) is 22.1. The molecule has 1 aromatic rings. The molecule has 0 bridgehead atoms. The molecule has 0 spiro atoms. The molecule has 0 radical (unpaired) electrons. The third kappa shape index (κ3) is 8.46. The van der Waals surface area contributed by atoms with Crippen molar-refractivity contribution in [3.8, 4) is 0 Å². The average molecular weight is 358 g/mol. The van der Waals surface area contributed by atoms with Gasteiger partial charge in [-0.15, -0.1) is 0 Å². The van der Waals surface area contributed by atoms with E-state index in [4.69, 9.17) is 0 Å². The molecule has 1 N–H and O–H groups in total. The zero-order chi connectivity index (χ0) is 19.6. The summed E-state index contributed by atoms with van der Waals surface area (Å²) in [5, 5.41) is 2.79. The Morgan fingerprint density at radius 2 is 1.54 bits per heavy atom. The molecule has 0 saturated carbocycles. The quantitative estimate of drug-likeness (QED) is 0.422. The number of carbonyl (C=O) groups excluding carboxylic acids is 2. The maximum Gasteiger partial charge on any atom is 0.255 e. The van der Waals surface area contributed by atoms with Crippen LogP contribution in [0.15, 0.2) is 36.0 Å². The van der Waals surface area contributed by atoms with Gasteiger partial charge in [-0.05, 0) is 37.5 Å². The van der Waals surface area contributed by atoms with Crippen molar-refractivity contribution < 1.29 is 9.59 Å². The molecule has 0 saturated heterocycles. The summed E-state index contributed by atoms with van der Waals surface area (Å²) < 4.78 is 0. The number of hydrogen-bond donors (Lipinski definition) is 1. The van der Waals surface area contributed by atoms with Gasteiger partial charge in [0, 0.05) is 22.8 Å². The molecule has 0 atom stereocenters. The molecule has 0 heterocycles. The van der Waals surface area contributed by atoms with Crippen LogP contribution in [0.3, 0.4) is 0 Å². The van der Waals surface area contributed by atoms with Gasteiger partial charge in [0.1, 0.15) is 0 Å². The van der Waals surface area contributed by atoms with E-state index in [0.29, 0.717) is 11.3 Å². The summed E-state index contributed by atoms with van der Waals surface area (Å²) in [6, 6.07) is 7.78. The van der Waals surface area contributed by atoms with Gasteiger partial charge in [0.25, 0.3) is 5.91 Å². The number of unbranched alkanes of at least 4 members (excludes halogenated alkanes) is 5. The smallest absolute Gasteiger partial charge is 0.255 e. The van der Waals surface area contributed by atoms with Crippen molar-refractivity contribution in [3.05, 3.63) is 47.2 Å². The second kappa shape index (κ2) is 10.9. The fourth-order valence-corrected chi connectivity index (χ4v) is 2.63. The Kier molecular flexibility index (Phi) is 9.32. The van der Waals surface area contributed by atoms with E-state index in [1.807, 2.05) is 45.0 Å². The van der Waals surface area contributed by atoms with Crippen molar-refractivity contribution in [1.82, 2.24) is 5.32 Å². The van der Waals surface area contributed by atoms with E-state index in [2.05, 4.69) is 12.2 Å². The molecule has 26 heavy (non-hydrogen) atoms. The van der Waals surface area contributed by atoms with Crippen LogP contribution in [0.4, 0.5) is 0 Å². The minimum Gasteiger partial charge on any atom is -0.326 e. The predicted molar refractivity (Wildman–Crippen MR) is 109 cm³/mol. The molecule has 1 aromatic carbocycles. The number of hydrogen-bond acceptors (Lipinski definition) is 2. The highest BCUT2D eigenvalue weighted by Crippen LogP contribution is 2.16. The maximum atomic E-state index is 12.3. The van der Waals surface area contributed by atoms with Gasteiger partial charge >= 0.3 is 0 Å². The Labute approximate surface area is 159 Å². The number of ketones is 1. The number of allylic oxidation sites excluding steroid dienone is 2. The van der Waals surface area contributed by atoms with Crippen LogP contribution in [0.25, 0.3) is 0 Å². The second-order valence-electron chi connectivity index (χ2n) is 8.11. The molecule has 0 aromatic heterocycles. The molecule has 0 aliphatic carbocycles. The highest BCUT2D eigenvalue weighted by molar-refractivity contribution is 5.98. The molecule has 144 valence electrons. The Morgan fingerprint density at radius 3 is 2.12 bits per heavy atom. The Hall–Kier alpha value is -1.90. The van der Waals surface area contributed by atoms with E-state index < -0.39 is 5.41 Å². The summed E-state index contributed by atoms with van der Waals surface area (Å²) in [5.41, 5.74) is 2.02. The van der Waals surface area contributed by atoms with Crippen molar-refractivity contribution in [3.63, 3.8) is 0 Å². The predicted octanol–water partition coefficient (Wildman–Crippen LogP) is 5.84. The molecule has 0 unspecified atom stereocenters. The summed E-state index contributed by atoms with van der Waals surface area (Å²) >= 11 is 0. The minimum absolute atomic E-state index is 0.00425. The third-order valence-electron chi connectivity index (χ3n) is 4.43. The lowest BCUT2D eigenvalue weighted by Gasteiger charge is -2.14. The van der Waals surface area contributed by atoms with E-state index in [9.17, 15) is 9.59 Å². The molecule has 0 aliphatic heterocycles. The first-order valence-electron chi connectivity index (χ1n) is 9.87. The number of aryl methyl sites for hydroxylation is 1. The van der Waals surface area contributed by atoms with Gasteiger partial charge in [0.2, 0.25) is 0 Å². The van der Waals surface area contributed by atoms with Gasteiger partial charge in [0.05, 0.1) is 0 Å². The van der Waals surface area contributed by atoms with Crippen molar-refractivity contribution in [2.45, 2.75) is 79.6 Å². The highest BCUT2D eigenvalue weighted by atomic mass is 16.1. The van der Waals surface area contributed by atoms with Gasteiger partial charge in [-0.3, -0.25) is 9.59 Å². The molecule has 3 nitrogen and oxygen atoms in total. The number of amides is 1. The molecule has 0 aliphatic rings. The standard InChI is InChI=1S/C23H35NO2/c1-6-7-8-9-10-11-12-19-13-15-20(16-14-19)22(26)24-18(2)17-21(25)23(3,4)5/h13-17H,6-12H2,1-5H3,(H,24,26)/b18-17+. The number of carbonyl (C=O) groups is 2. The normalized spacial score (nSPS) is 12.1. The molecule has 3 heteroatoms. The SMILES string of the molecule is CCCCCCCCc1ccc(C(=O)N/C(C)=C/C(=O)C(C)(C)C)cc1. The zero-order valence-electron chi connectivity index (χ0n) is 17.2. The van der Waals surface area contributed by atoms with Crippen LogP contribution in [0, 0.1) is 5.41 Å². The lowest BCUT2D eigenvalue weighted by atomic mass is 9.90. The summed E-state index contributed by atoms with van der Waals surface area (Å²) in [7, 11) is 0. The van der Waals surface area contributed by atoms with Crippen LogP contribution in [0.2, 0.25) is 0 Å². The molecule has 0 fully saturated rings. The van der Waals surface area contributed by atoms with Crippen molar-refractivity contribution in [2.75, 3.05) is 0 Å². The fourth-order valence-electron chi connectivity index (χ4n) is 2.63. The van der Waals surface area contributed by atoms with E-state index in [1.54, 1.807) is 6.92 Å². The lowest BCUT2D eigenvalue weighted by Crippen LogP contribution is -2.24. The van der Waals surface area contributed by atoms with Crippen molar-refractivity contribution >= 4 is 11.7 Å². The Balaban J connectivity index is 2.48. The van der Waals surface area contributed by atoms with Gasteiger partial charge in [-0.25, -0.2) is 0 Å². The van der Waals surface area contributed by atoms with E-state index in [-0.39, 0.29) is 11.7 Å². The highest BCUT2D eigenvalue weighted by Gasteiger charge is 2.19. The third-order valence-corrected chi connectivity index (χ3v) is 4.43. The van der Waals surface area contributed by atoms with E-state index in [0.717, 1.165) is 6.42 Å². The van der Waals surface area contributed by atoms with Crippen LogP contribution in [0.1, 0.15) is 89.1 Å². The molecular weight excluding hydrogens is 322 g/mol. The van der Waals surface area contributed by atoms with Crippen LogP contribution in [-0.4, -0.2) is 11.7 Å². The minimum atomic E-state index is -0.440. The number of rotatable bonds is 10. The first-order valence-corrected chi connectivity index (χ1v) is 9.87. The van der Waals surface area contributed by atoms with E-state index >= 15 is 0 Å². The second-order valence-corrected chi connectivity index (χ2v) is 8.11. The summed E-state index contributed by atoms with van der Waals surface area (Å²) in [4.78, 5) is 24.3. The van der Waals surface area contributed by atoms with E-state index in [1.165, 1.54) is 50.2 Å². The number of benzene rings is 1. The zero-order valence-corrected chi connectivity index (χ0v) is 17.2. The van der Waals surface area contributed by atoms with Crippen molar-refractivity contribution in [1.29, 1.82) is 0 Å². The monoisotopic (exact) mass is 357 g/mol. The van der Waals surface area contributed by atoms with Crippen LogP contribution >= 0.6 is 0 Å². The van der Waals surface area contributed by atoms with Crippen LogP contribution < -0.4 is 5.32 Å². The van der Waals surface area contributed by atoms with Gasteiger partial charge in [-0.1, -0.05) is 71.9 Å². The fraction of sp³-hybridized carbons (Fsp3) is 0.565. The van der Waals surface area contributed by atoms with Gasteiger partial charge in [-0.2, -0.15) is 0 Å². The molecular formula is C23H35NO2. The maximum absolute atomic E-state index is 12.3. The lowest BCUT2D eigenvalue weighted by molar-refractivity contribution is -0.121. The average Bonchev–Trinajstić information content (AvgIpc) is 2.57. The molecule has 1 amide bonds. The van der Waals surface area contributed by atoms with Crippen molar-refractivity contribution in [2.24, 2.45) is 5.41 Å². The summed E-state index contributed by atoms with van der Waals surface area (Å²) in [6.07, 6.45) is 10.3. The first-order chi connectivity index (χ1) is 12.2. The Morgan fingerprint density at radius 1 is 0.962 bits per heavy atom. The Bertz CT molecular complexity index is 606. The van der Waals surface area contributed by atoms with Gasteiger partial charge in [0.15, 0.2) is 5.78 Å². The topological polar surface area (TPSA) is 46.2 Å². The molecule has 1 rings (SSSR count).